The predicted molar refractivity (Wildman–Crippen MR) is 49.4 cm³/mol. The summed E-state index contributed by atoms with van der Waals surface area (Å²) < 4.78 is 0. The molecule has 13 heavy (non-hydrogen) atoms. The number of aliphatic hydroxyl groups excluding tert-OH is 1. The Balaban J connectivity index is 2.36. The molecule has 2 N–H and O–H groups in total. The van der Waals surface area contributed by atoms with Gasteiger partial charge in [-0.3, -0.25) is 0 Å². The van der Waals surface area contributed by atoms with Gasteiger partial charge in [0.15, 0.2) is 0 Å². The Hall–Kier alpha value is -0.830. The van der Waals surface area contributed by atoms with Crippen molar-refractivity contribution >= 4 is 5.97 Å². The molecular formula is C10H16O3. The third-order valence-corrected chi connectivity index (χ3v) is 2.57. The molecule has 0 aromatic heterocycles. The molecular weight excluding hydrogens is 168 g/mol. The maximum absolute atomic E-state index is 10.2. The number of carbonyl (C=O) groups is 1. The summed E-state index contributed by atoms with van der Waals surface area (Å²) in [5, 5.41) is 17.9. The molecule has 1 rings (SSSR count). The Labute approximate surface area is 78.1 Å². The molecule has 0 saturated heterocycles. The molecule has 0 aromatic carbocycles. The summed E-state index contributed by atoms with van der Waals surface area (Å²) in [6.07, 6.45) is 7.43. The summed E-state index contributed by atoms with van der Waals surface area (Å²) in [4.78, 5) is 10.2. The number of aliphatic hydroxyl groups is 1. The number of carboxylic acids is 1. The van der Waals surface area contributed by atoms with Gasteiger partial charge in [-0.15, -0.1) is 0 Å². The fraction of sp³-hybridized carbons (Fsp3) is 0.700. The van der Waals surface area contributed by atoms with Crippen molar-refractivity contribution in [3.05, 3.63) is 12.2 Å². The van der Waals surface area contributed by atoms with Gasteiger partial charge in [-0.2, -0.15) is 0 Å². The van der Waals surface area contributed by atoms with E-state index in [0.717, 1.165) is 31.8 Å². The van der Waals surface area contributed by atoms with E-state index in [1.54, 1.807) is 0 Å². The van der Waals surface area contributed by atoms with Crippen LogP contribution in [-0.4, -0.2) is 22.3 Å². The van der Waals surface area contributed by atoms with Crippen LogP contribution in [-0.2, 0) is 4.79 Å². The highest BCUT2D eigenvalue weighted by atomic mass is 16.4. The Morgan fingerprint density at radius 1 is 1.31 bits per heavy atom. The van der Waals surface area contributed by atoms with Crippen LogP contribution in [0, 0.1) is 5.92 Å². The molecule has 0 heterocycles. The van der Waals surface area contributed by atoms with E-state index >= 15 is 0 Å². The van der Waals surface area contributed by atoms with E-state index in [1.807, 2.05) is 0 Å². The molecule has 1 saturated carbocycles. The minimum Gasteiger partial charge on any atom is -0.478 e. The van der Waals surface area contributed by atoms with Crippen molar-refractivity contribution in [1.82, 2.24) is 0 Å². The van der Waals surface area contributed by atoms with Crippen molar-refractivity contribution in [3.63, 3.8) is 0 Å². The molecule has 3 nitrogen and oxygen atoms in total. The van der Waals surface area contributed by atoms with Crippen LogP contribution < -0.4 is 0 Å². The number of carboxylic acid groups (broad SMARTS) is 1. The van der Waals surface area contributed by atoms with Crippen LogP contribution in [0.4, 0.5) is 0 Å². The zero-order chi connectivity index (χ0) is 9.68. The molecule has 0 bridgehead atoms. The Kier molecular flexibility index (Phi) is 3.96. The van der Waals surface area contributed by atoms with Gasteiger partial charge in [-0.05, 0) is 24.8 Å². The van der Waals surface area contributed by atoms with Crippen LogP contribution >= 0.6 is 0 Å². The van der Waals surface area contributed by atoms with Gasteiger partial charge in [0.25, 0.3) is 0 Å². The van der Waals surface area contributed by atoms with Gasteiger partial charge in [0.1, 0.15) is 0 Å². The van der Waals surface area contributed by atoms with Crippen LogP contribution in [0.5, 0.6) is 0 Å². The fourth-order valence-corrected chi connectivity index (χ4v) is 1.81. The Bertz CT molecular complexity index is 192. The average molecular weight is 184 g/mol. The second kappa shape index (κ2) is 5.02. The summed E-state index contributed by atoms with van der Waals surface area (Å²) in [6, 6.07) is 0. The fourth-order valence-electron chi connectivity index (χ4n) is 1.81. The molecule has 1 aliphatic rings. The van der Waals surface area contributed by atoms with Crippen molar-refractivity contribution in [2.24, 2.45) is 5.92 Å². The maximum Gasteiger partial charge on any atom is 0.328 e. The molecule has 1 atom stereocenters. The number of rotatable bonds is 3. The summed E-state index contributed by atoms with van der Waals surface area (Å²) in [7, 11) is 0. The standard InChI is InChI=1S/C10H16O3/c11-9(6-7-10(12)13)8-4-2-1-3-5-8/h6-9,11H,1-5H2,(H,12,13)/b7-6-/t9-/m0/s1. The zero-order valence-corrected chi connectivity index (χ0v) is 7.65. The van der Waals surface area contributed by atoms with E-state index in [-0.39, 0.29) is 5.92 Å². The first kappa shape index (κ1) is 10.3. The molecule has 0 aliphatic heterocycles. The van der Waals surface area contributed by atoms with Crippen molar-refractivity contribution in [1.29, 1.82) is 0 Å². The summed E-state index contributed by atoms with van der Waals surface area (Å²) >= 11 is 0. The van der Waals surface area contributed by atoms with Gasteiger partial charge in [-0.25, -0.2) is 4.79 Å². The number of aliphatic carboxylic acids is 1. The Morgan fingerprint density at radius 2 is 1.92 bits per heavy atom. The van der Waals surface area contributed by atoms with E-state index in [0.29, 0.717) is 0 Å². The van der Waals surface area contributed by atoms with Crippen LogP contribution in [0.3, 0.4) is 0 Å². The first-order valence-corrected chi connectivity index (χ1v) is 4.79. The SMILES string of the molecule is O=C(O)/C=C\[C@H](O)C1CCCCC1. The summed E-state index contributed by atoms with van der Waals surface area (Å²) in [5.41, 5.74) is 0. The van der Waals surface area contributed by atoms with E-state index in [2.05, 4.69) is 0 Å². The van der Waals surface area contributed by atoms with Gasteiger partial charge in [-0.1, -0.05) is 19.3 Å². The Morgan fingerprint density at radius 3 is 2.46 bits per heavy atom. The van der Waals surface area contributed by atoms with E-state index in [9.17, 15) is 9.90 Å². The highest BCUT2D eigenvalue weighted by Gasteiger charge is 2.19. The largest absolute Gasteiger partial charge is 0.478 e. The van der Waals surface area contributed by atoms with Crippen LogP contribution in [0.1, 0.15) is 32.1 Å². The molecule has 1 aliphatic carbocycles. The second-order valence-electron chi connectivity index (χ2n) is 3.59. The van der Waals surface area contributed by atoms with Crippen LogP contribution in [0.25, 0.3) is 0 Å². The van der Waals surface area contributed by atoms with Gasteiger partial charge in [0.2, 0.25) is 0 Å². The first-order chi connectivity index (χ1) is 6.20. The van der Waals surface area contributed by atoms with Gasteiger partial charge in [0.05, 0.1) is 6.10 Å². The normalized spacial score (nSPS) is 21.9. The summed E-state index contributed by atoms with van der Waals surface area (Å²) in [6.45, 7) is 0. The molecule has 0 radical (unpaired) electrons. The van der Waals surface area contributed by atoms with E-state index in [1.165, 1.54) is 12.5 Å². The van der Waals surface area contributed by atoms with Gasteiger partial charge >= 0.3 is 5.97 Å². The first-order valence-electron chi connectivity index (χ1n) is 4.79. The molecule has 74 valence electrons. The second-order valence-corrected chi connectivity index (χ2v) is 3.59. The van der Waals surface area contributed by atoms with E-state index in [4.69, 9.17) is 5.11 Å². The molecule has 3 heteroatoms. The zero-order valence-electron chi connectivity index (χ0n) is 7.65. The van der Waals surface area contributed by atoms with Crippen molar-refractivity contribution in [3.8, 4) is 0 Å². The third-order valence-electron chi connectivity index (χ3n) is 2.57. The minimum atomic E-state index is -0.991. The lowest BCUT2D eigenvalue weighted by molar-refractivity contribution is -0.131. The molecule has 0 amide bonds. The van der Waals surface area contributed by atoms with Crippen LogP contribution in [0.15, 0.2) is 12.2 Å². The quantitative estimate of drug-likeness (QED) is 0.654. The lowest BCUT2D eigenvalue weighted by atomic mass is 9.85. The third kappa shape index (κ3) is 3.59. The van der Waals surface area contributed by atoms with Crippen molar-refractivity contribution in [2.75, 3.05) is 0 Å². The van der Waals surface area contributed by atoms with Gasteiger partial charge < -0.3 is 10.2 Å². The highest BCUT2D eigenvalue weighted by molar-refractivity contribution is 5.79. The lowest BCUT2D eigenvalue weighted by Crippen LogP contribution is -2.20. The highest BCUT2D eigenvalue weighted by Crippen LogP contribution is 2.26. The smallest absolute Gasteiger partial charge is 0.328 e. The van der Waals surface area contributed by atoms with Crippen molar-refractivity contribution < 1.29 is 15.0 Å². The van der Waals surface area contributed by atoms with E-state index < -0.39 is 12.1 Å². The van der Waals surface area contributed by atoms with Crippen LogP contribution in [0.2, 0.25) is 0 Å². The maximum atomic E-state index is 10.2. The average Bonchev–Trinajstić information content (AvgIpc) is 2.15. The van der Waals surface area contributed by atoms with Gasteiger partial charge in [0, 0.05) is 6.08 Å². The van der Waals surface area contributed by atoms with Crippen molar-refractivity contribution in [2.45, 2.75) is 38.2 Å². The minimum absolute atomic E-state index is 0.268. The number of hydrogen-bond donors (Lipinski definition) is 2. The molecule has 0 spiro atoms. The monoisotopic (exact) mass is 184 g/mol. The molecule has 0 unspecified atom stereocenters. The molecule has 0 aromatic rings. The predicted octanol–water partition coefficient (Wildman–Crippen LogP) is 1.57. The topological polar surface area (TPSA) is 57.5 Å². The summed E-state index contributed by atoms with van der Waals surface area (Å²) in [5.74, 6) is -0.723. The lowest BCUT2D eigenvalue weighted by Gasteiger charge is -2.24. The molecule has 1 fully saturated rings. The number of hydrogen-bond acceptors (Lipinski definition) is 2.